The van der Waals surface area contributed by atoms with Crippen LogP contribution in [-0.2, 0) is 0 Å². The SMILES string of the molecule is O=C(N(c1ccccc1)c1ccccc1)n1nnc2ccccc21. The molecular weight excluding hydrogens is 300 g/mol. The van der Waals surface area contributed by atoms with Crippen molar-refractivity contribution in [2.75, 3.05) is 4.90 Å². The van der Waals surface area contributed by atoms with Crippen LogP contribution in [0.1, 0.15) is 0 Å². The summed E-state index contributed by atoms with van der Waals surface area (Å²) in [6.07, 6.45) is 0. The molecule has 0 N–H and O–H groups in total. The number of benzene rings is 3. The van der Waals surface area contributed by atoms with Gasteiger partial charge in [0, 0.05) is 0 Å². The summed E-state index contributed by atoms with van der Waals surface area (Å²) in [6.45, 7) is 0. The molecule has 116 valence electrons. The third-order valence-electron chi connectivity index (χ3n) is 3.75. The molecule has 0 spiro atoms. The first kappa shape index (κ1) is 14.1. The number of hydrogen-bond donors (Lipinski definition) is 0. The lowest BCUT2D eigenvalue weighted by atomic mass is 10.2. The minimum atomic E-state index is -0.277. The molecule has 0 bridgehead atoms. The van der Waals surface area contributed by atoms with E-state index in [1.54, 1.807) is 4.90 Å². The Morgan fingerprint density at radius 3 is 1.92 bits per heavy atom. The quantitative estimate of drug-likeness (QED) is 0.556. The third kappa shape index (κ3) is 2.42. The van der Waals surface area contributed by atoms with E-state index < -0.39 is 0 Å². The number of carbonyl (C=O) groups is 1. The van der Waals surface area contributed by atoms with Crippen molar-refractivity contribution in [3.63, 3.8) is 0 Å². The summed E-state index contributed by atoms with van der Waals surface area (Å²) in [7, 11) is 0. The van der Waals surface area contributed by atoms with Crippen molar-refractivity contribution >= 4 is 28.4 Å². The van der Waals surface area contributed by atoms with Gasteiger partial charge in [-0.25, -0.2) is 4.79 Å². The fourth-order valence-electron chi connectivity index (χ4n) is 2.63. The highest BCUT2D eigenvalue weighted by Gasteiger charge is 2.22. The van der Waals surface area contributed by atoms with Crippen LogP contribution in [0.2, 0.25) is 0 Å². The van der Waals surface area contributed by atoms with E-state index in [1.807, 2.05) is 84.9 Å². The standard InChI is InChI=1S/C19H14N4O/c24-19(23-18-14-8-7-13-17(18)20-21-23)22(15-9-3-1-4-10-15)16-11-5-2-6-12-16/h1-14H. The van der Waals surface area contributed by atoms with Crippen LogP contribution in [0.25, 0.3) is 11.0 Å². The van der Waals surface area contributed by atoms with Gasteiger partial charge in [0.05, 0.1) is 16.9 Å². The largest absolute Gasteiger partial charge is 0.355 e. The summed E-state index contributed by atoms with van der Waals surface area (Å²) >= 11 is 0. The van der Waals surface area contributed by atoms with Gasteiger partial charge in [0.15, 0.2) is 0 Å². The minimum absolute atomic E-state index is 0.277. The number of aromatic nitrogens is 3. The third-order valence-corrected chi connectivity index (χ3v) is 3.75. The van der Waals surface area contributed by atoms with E-state index in [-0.39, 0.29) is 6.03 Å². The lowest BCUT2D eigenvalue weighted by molar-refractivity contribution is 0.247. The fourth-order valence-corrected chi connectivity index (χ4v) is 2.63. The van der Waals surface area contributed by atoms with Crippen molar-refractivity contribution in [1.82, 2.24) is 15.0 Å². The molecule has 4 rings (SSSR count). The Kier molecular flexibility index (Phi) is 3.51. The van der Waals surface area contributed by atoms with Crippen LogP contribution < -0.4 is 4.90 Å². The Bertz CT molecular complexity index is 940. The second-order valence-electron chi connectivity index (χ2n) is 5.28. The maximum atomic E-state index is 13.2. The number of anilines is 2. The van der Waals surface area contributed by atoms with Crippen LogP contribution in [0.5, 0.6) is 0 Å². The van der Waals surface area contributed by atoms with Crippen LogP contribution >= 0.6 is 0 Å². The predicted molar refractivity (Wildman–Crippen MR) is 93.3 cm³/mol. The van der Waals surface area contributed by atoms with Crippen LogP contribution in [0, 0.1) is 0 Å². The molecule has 0 aliphatic carbocycles. The molecule has 1 amide bonds. The zero-order valence-corrected chi connectivity index (χ0v) is 12.8. The zero-order valence-electron chi connectivity index (χ0n) is 12.8. The molecule has 1 aromatic heterocycles. The minimum Gasteiger partial charge on any atom is -0.261 e. The van der Waals surface area contributed by atoms with Gasteiger partial charge in [-0.1, -0.05) is 53.7 Å². The first-order valence-corrected chi connectivity index (χ1v) is 7.59. The van der Waals surface area contributed by atoms with Crippen molar-refractivity contribution in [1.29, 1.82) is 0 Å². The Morgan fingerprint density at radius 2 is 1.29 bits per heavy atom. The molecule has 4 aromatic rings. The molecule has 0 saturated carbocycles. The van der Waals surface area contributed by atoms with Gasteiger partial charge in [-0.15, -0.1) is 5.10 Å². The zero-order chi connectivity index (χ0) is 16.4. The first-order chi connectivity index (χ1) is 11.8. The molecule has 1 heterocycles. The summed E-state index contributed by atoms with van der Waals surface area (Å²) < 4.78 is 1.33. The van der Waals surface area contributed by atoms with Gasteiger partial charge in [-0.2, -0.15) is 4.68 Å². The molecule has 0 radical (unpaired) electrons. The van der Waals surface area contributed by atoms with E-state index in [0.29, 0.717) is 11.0 Å². The highest BCUT2D eigenvalue weighted by atomic mass is 16.2. The predicted octanol–water partition coefficient (Wildman–Crippen LogP) is 4.24. The van der Waals surface area contributed by atoms with Gasteiger partial charge in [0.25, 0.3) is 0 Å². The monoisotopic (exact) mass is 314 g/mol. The number of hydrogen-bond acceptors (Lipinski definition) is 3. The molecule has 0 unspecified atom stereocenters. The summed E-state index contributed by atoms with van der Waals surface area (Å²) in [5, 5.41) is 8.12. The van der Waals surface area contributed by atoms with Crippen LogP contribution in [0.3, 0.4) is 0 Å². The van der Waals surface area contributed by atoms with Gasteiger partial charge in [0.1, 0.15) is 5.52 Å². The molecule has 0 saturated heterocycles. The lowest BCUT2D eigenvalue weighted by Gasteiger charge is -2.22. The van der Waals surface area contributed by atoms with Gasteiger partial charge in [-0.3, -0.25) is 4.90 Å². The molecule has 3 aromatic carbocycles. The number of amides is 1. The smallest absolute Gasteiger partial charge is 0.261 e. The van der Waals surface area contributed by atoms with Crippen molar-refractivity contribution in [2.24, 2.45) is 0 Å². The van der Waals surface area contributed by atoms with Crippen molar-refractivity contribution in [3.05, 3.63) is 84.9 Å². The number of fused-ring (bicyclic) bond motifs is 1. The normalized spacial score (nSPS) is 10.7. The Labute approximate surface area is 138 Å². The van der Waals surface area contributed by atoms with E-state index in [1.165, 1.54) is 4.68 Å². The Hall–Kier alpha value is -3.47. The topological polar surface area (TPSA) is 51.0 Å². The first-order valence-electron chi connectivity index (χ1n) is 7.59. The molecule has 5 nitrogen and oxygen atoms in total. The van der Waals surface area contributed by atoms with E-state index in [4.69, 9.17) is 0 Å². The molecule has 0 fully saturated rings. The van der Waals surface area contributed by atoms with E-state index >= 15 is 0 Å². The summed E-state index contributed by atoms with van der Waals surface area (Å²) in [6, 6.07) is 26.1. The Balaban J connectivity index is 1.86. The summed E-state index contributed by atoms with van der Waals surface area (Å²) in [5.41, 5.74) is 2.91. The molecule has 0 atom stereocenters. The number of para-hydroxylation sites is 3. The maximum absolute atomic E-state index is 13.2. The van der Waals surface area contributed by atoms with E-state index in [2.05, 4.69) is 10.3 Å². The molecule has 5 heteroatoms. The molecule has 0 aliphatic rings. The summed E-state index contributed by atoms with van der Waals surface area (Å²) in [5.74, 6) is 0. The van der Waals surface area contributed by atoms with Crippen LogP contribution in [0.15, 0.2) is 84.9 Å². The molecular formula is C19H14N4O. The molecule has 24 heavy (non-hydrogen) atoms. The van der Waals surface area contributed by atoms with Crippen LogP contribution in [-0.4, -0.2) is 21.0 Å². The second kappa shape index (κ2) is 5.96. The number of carbonyl (C=O) groups excluding carboxylic acids is 1. The Morgan fingerprint density at radius 1 is 0.750 bits per heavy atom. The van der Waals surface area contributed by atoms with Crippen molar-refractivity contribution in [2.45, 2.75) is 0 Å². The van der Waals surface area contributed by atoms with E-state index in [0.717, 1.165) is 11.4 Å². The average Bonchev–Trinajstić information content (AvgIpc) is 3.08. The lowest BCUT2D eigenvalue weighted by Crippen LogP contribution is -2.31. The number of nitrogens with zero attached hydrogens (tertiary/aromatic N) is 4. The molecule has 0 aliphatic heterocycles. The van der Waals surface area contributed by atoms with Crippen LogP contribution in [0.4, 0.5) is 16.2 Å². The van der Waals surface area contributed by atoms with Gasteiger partial charge >= 0.3 is 6.03 Å². The van der Waals surface area contributed by atoms with Crippen molar-refractivity contribution < 1.29 is 4.79 Å². The van der Waals surface area contributed by atoms with Gasteiger partial charge in [-0.05, 0) is 36.4 Å². The maximum Gasteiger partial charge on any atom is 0.355 e. The highest BCUT2D eigenvalue weighted by Crippen LogP contribution is 2.26. The average molecular weight is 314 g/mol. The van der Waals surface area contributed by atoms with E-state index in [9.17, 15) is 4.79 Å². The summed E-state index contributed by atoms with van der Waals surface area (Å²) in [4.78, 5) is 14.8. The fraction of sp³-hybridized carbons (Fsp3) is 0. The second-order valence-corrected chi connectivity index (χ2v) is 5.28. The van der Waals surface area contributed by atoms with Gasteiger partial charge in [0.2, 0.25) is 0 Å². The highest BCUT2D eigenvalue weighted by molar-refractivity contribution is 6.03. The van der Waals surface area contributed by atoms with Gasteiger partial charge < -0.3 is 0 Å². The van der Waals surface area contributed by atoms with Crippen molar-refractivity contribution in [3.8, 4) is 0 Å². The number of rotatable bonds is 2.